The van der Waals surface area contributed by atoms with E-state index >= 15 is 0 Å². The minimum Gasteiger partial charge on any atom is -0.496 e. The highest BCUT2D eigenvalue weighted by atomic mass is 35.5. The van der Waals surface area contributed by atoms with Crippen molar-refractivity contribution in [3.63, 3.8) is 0 Å². The van der Waals surface area contributed by atoms with E-state index in [9.17, 15) is 0 Å². The van der Waals surface area contributed by atoms with Crippen LogP contribution in [-0.4, -0.2) is 27.4 Å². The Balaban J connectivity index is 1.44. The molecule has 2 aromatic heterocycles. The first-order valence-electron chi connectivity index (χ1n) is 7.91. The van der Waals surface area contributed by atoms with Gasteiger partial charge in [0.1, 0.15) is 5.75 Å². The van der Waals surface area contributed by atoms with Crippen LogP contribution in [0.5, 0.6) is 5.75 Å². The van der Waals surface area contributed by atoms with E-state index < -0.39 is 0 Å². The number of methoxy groups -OCH3 is 1. The number of halogens is 1. The first-order chi connectivity index (χ1) is 13.2. The number of aromatic nitrogens is 4. The van der Waals surface area contributed by atoms with Gasteiger partial charge in [-0.2, -0.15) is 4.98 Å². The fourth-order valence-corrected chi connectivity index (χ4v) is 3.08. The maximum atomic E-state index is 5.89. The second-order valence-corrected chi connectivity index (χ2v) is 6.74. The molecule has 7 nitrogen and oxygen atoms in total. The summed E-state index contributed by atoms with van der Waals surface area (Å²) in [5, 5.41) is 13.1. The maximum absolute atomic E-state index is 5.89. The fourth-order valence-electron chi connectivity index (χ4n) is 2.35. The van der Waals surface area contributed by atoms with E-state index in [0.29, 0.717) is 39.4 Å². The van der Waals surface area contributed by atoms with Crippen molar-refractivity contribution in [3.8, 4) is 28.6 Å². The van der Waals surface area contributed by atoms with Crippen LogP contribution in [0.1, 0.15) is 5.89 Å². The number of thioether (sulfide) groups is 1. The summed E-state index contributed by atoms with van der Waals surface area (Å²) in [7, 11) is 1.60. The average molecular weight is 401 g/mol. The summed E-state index contributed by atoms with van der Waals surface area (Å²) in [6.07, 6.45) is 0. The molecule has 0 radical (unpaired) electrons. The Morgan fingerprint density at radius 2 is 1.89 bits per heavy atom. The quantitative estimate of drug-likeness (QED) is 0.429. The van der Waals surface area contributed by atoms with E-state index in [-0.39, 0.29) is 0 Å². The third-order valence-corrected chi connectivity index (χ3v) is 4.69. The molecule has 27 heavy (non-hydrogen) atoms. The van der Waals surface area contributed by atoms with Gasteiger partial charge in [-0.25, -0.2) is 0 Å². The van der Waals surface area contributed by atoms with Gasteiger partial charge >= 0.3 is 0 Å². The summed E-state index contributed by atoms with van der Waals surface area (Å²) >= 11 is 7.20. The van der Waals surface area contributed by atoms with Crippen LogP contribution in [0.4, 0.5) is 0 Å². The molecular weight excluding hydrogens is 388 g/mol. The van der Waals surface area contributed by atoms with Gasteiger partial charge in [-0.1, -0.05) is 40.7 Å². The zero-order valence-electron chi connectivity index (χ0n) is 14.1. The number of para-hydroxylation sites is 1. The van der Waals surface area contributed by atoms with Crippen molar-refractivity contribution in [2.45, 2.75) is 11.0 Å². The first-order valence-corrected chi connectivity index (χ1v) is 9.27. The van der Waals surface area contributed by atoms with Crippen LogP contribution in [0.25, 0.3) is 22.8 Å². The number of rotatable bonds is 6. The summed E-state index contributed by atoms with van der Waals surface area (Å²) in [6, 6.07) is 14.7. The minimum absolute atomic E-state index is 0.407. The van der Waals surface area contributed by atoms with Crippen molar-refractivity contribution in [3.05, 3.63) is 59.4 Å². The van der Waals surface area contributed by atoms with Crippen LogP contribution in [0.15, 0.2) is 62.7 Å². The molecule has 0 aliphatic rings. The van der Waals surface area contributed by atoms with Gasteiger partial charge in [0.25, 0.3) is 5.22 Å². The lowest BCUT2D eigenvalue weighted by atomic mass is 10.2. The number of hydrogen-bond donors (Lipinski definition) is 0. The van der Waals surface area contributed by atoms with Crippen molar-refractivity contribution in [1.29, 1.82) is 0 Å². The number of benzene rings is 2. The van der Waals surface area contributed by atoms with Gasteiger partial charge in [0.2, 0.25) is 17.6 Å². The van der Waals surface area contributed by atoms with E-state index in [1.165, 1.54) is 11.8 Å². The summed E-state index contributed by atoms with van der Waals surface area (Å²) in [4.78, 5) is 4.40. The molecule has 0 N–H and O–H groups in total. The predicted octanol–water partition coefficient (Wildman–Crippen LogP) is 4.74. The number of nitrogens with zero attached hydrogens (tertiary/aromatic N) is 4. The monoisotopic (exact) mass is 400 g/mol. The molecule has 136 valence electrons. The van der Waals surface area contributed by atoms with E-state index in [4.69, 9.17) is 25.3 Å². The third kappa shape index (κ3) is 3.96. The molecule has 0 aliphatic heterocycles. The Morgan fingerprint density at radius 1 is 1.07 bits per heavy atom. The normalized spacial score (nSPS) is 10.9. The smallest absolute Gasteiger partial charge is 0.277 e. The van der Waals surface area contributed by atoms with Gasteiger partial charge in [0.05, 0.1) is 18.4 Å². The Labute approximate surface area is 163 Å². The highest BCUT2D eigenvalue weighted by Gasteiger charge is 2.15. The Bertz CT molecular complexity index is 1050. The Hall–Kier alpha value is -2.84. The average Bonchev–Trinajstić information content (AvgIpc) is 3.36. The van der Waals surface area contributed by atoms with E-state index in [2.05, 4.69) is 20.3 Å². The lowest BCUT2D eigenvalue weighted by Crippen LogP contribution is -1.89. The molecule has 4 rings (SSSR count). The minimum atomic E-state index is 0.407. The zero-order valence-corrected chi connectivity index (χ0v) is 15.7. The van der Waals surface area contributed by atoms with Crippen LogP contribution in [-0.2, 0) is 5.75 Å². The van der Waals surface area contributed by atoms with Gasteiger partial charge in [-0.05, 0) is 36.4 Å². The molecule has 9 heteroatoms. The molecule has 0 fully saturated rings. The molecule has 0 bridgehead atoms. The maximum Gasteiger partial charge on any atom is 0.277 e. The Morgan fingerprint density at radius 3 is 2.70 bits per heavy atom. The number of ether oxygens (including phenoxy) is 1. The van der Waals surface area contributed by atoms with Crippen LogP contribution >= 0.6 is 23.4 Å². The largest absolute Gasteiger partial charge is 0.496 e. The van der Waals surface area contributed by atoms with Gasteiger partial charge in [-0.3, -0.25) is 0 Å². The zero-order chi connectivity index (χ0) is 18.6. The number of hydrogen-bond acceptors (Lipinski definition) is 8. The summed E-state index contributed by atoms with van der Waals surface area (Å²) in [6.45, 7) is 0. The fraction of sp³-hybridized carbons (Fsp3) is 0.111. The molecule has 0 saturated heterocycles. The van der Waals surface area contributed by atoms with Crippen molar-refractivity contribution in [1.82, 2.24) is 20.3 Å². The topological polar surface area (TPSA) is 87.1 Å². The van der Waals surface area contributed by atoms with Crippen LogP contribution in [0, 0.1) is 0 Å². The van der Waals surface area contributed by atoms with E-state index in [1.807, 2.05) is 36.4 Å². The first kappa shape index (κ1) is 17.6. The highest BCUT2D eigenvalue weighted by Crippen LogP contribution is 2.29. The van der Waals surface area contributed by atoms with Crippen molar-refractivity contribution in [2.75, 3.05) is 7.11 Å². The molecular formula is C18H13ClN4O3S. The standard InChI is InChI=1S/C18H13ClN4O3S/c1-24-14-5-3-2-4-13(14)16-20-15(26-23-16)10-27-18-22-21-17(25-18)11-6-8-12(19)9-7-11/h2-9H,10H2,1H3. The summed E-state index contributed by atoms with van der Waals surface area (Å²) in [5.41, 5.74) is 1.57. The van der Waals surface area contributed by atoms with E-state index in [0.717, 1.165) is 11.1 Å². The summed E-state index contributed by atoms with van der Waals surface area (Å²) in [5.74, 6) is 2.43. The van der Waals surface area contributed by atoms with Crippen molar-refractivity contribution in [2.24, 2.45) is 0 Å². The third-order valence-electron chi connectivity index (χ3n) is 3.63. The van der Waals surface area contributed by atoms with Gasteiger partial charge in [0.15, 0.2) is 0 Å². The molecule has 2 heterocycles. The molecule has 0 spiro atoms. The van der Waals surface area contributed by atoms with Crippen LogP contribution in [0.3, 0.4) is 0 Å². The molecule has 2 aromatic carbocycles. The van der Waals surface area contributed by atoms with Gasteiger partial charge in [0, 0.05) is 10.6 Å². The molecule has 0 aliphatic carbocycles. The summed E-state index contributed by atoms with van der Waals surface area (Å²) < 4.78 is 16.3. The predicted molar refractivity (Wildman–Crippen MR) is 101 cm³/mol. The molecule has 0 atom stereocenters. The van der Waals surface area contributed by atoms with Gasteiger partial charge < -0.3 is 13.7 Å². The SMILES string of the molecule is COc1ccccc1-c1noc(CSc2nnc(-c3ccc(Cl)cc3)o2)n1. The second kappa shape index (κ2) is 7.81. The second-order valence-electron chi connectivity index (χ2n) is 5.38. The molecule has 0 saturated carbocycles. The molecule has 0 unspecified atom stereocenters. The van der Waals surface area contributed by atoms with E-state index in [1.54, 1.807) is 19.2 Å². The molecule has 4 aromatic rings. The van der Waals surface area contributed by atoms with Crippen molar-refractivity contribution < 1.29 is 13.7 Å². The molecule has 0 amide bonds. The Kier molecular flexibility index (Phi) is 5.08. The van der Waals surface area contributed by atoms with Crippen molar-refractivity contribution >= 4 is 23.4 Å². The highest BCUT2D eigenvalue weighted by molar-refractivity contribution is 7.98. The lowest BCUT2D eigenvalue weighted by molar-refractivity contribution is 0.389. The van der Waals surface area contributed by atoms with Crippen LogP contribution in [0.2, 0.25) is 5.02 Å². The lowest BCUT2D eigenvalue weighted by Gasteiger charge is -2.02. The van der Waals surface area contributed by atoms with Crippen LogP contribution < -0.4 is 4.74 Å². The van der Waals surface area contributed by atoms with Gasteiger partial charge in [-0.15, -0.1) is 10.2 Å².